The fourth-order valence-corrected chi connectivity index (χ4v) is 5.68. The molecule has 0 radical (unpaired) electrons. The molecule has 5 heterocycles. The second-order valence-electron chi connectivity index (χ2n) is 10.5. The first-order valence-corrected chi connectivity index (χ1v) is 12.8. The highest BCUT2D eigenvalue weighted by Crippen LogP contribution is 2.59. The van der Waals surface area contributed by atoms with Crippen LogP contribution in [0.15, 0.2) is 39.4 Å². The Balaban J connectivity index is 1.09. The van der Waals surface area contributed by atoms with Crippen molar-refractivity contribution in [1.29, 1.82) is 0 Å². The first-order chi connectivity index (χ1) is 19.2. The standard InChI is InChI=1S/C24H25F2N11O3/c1-34-18-16(19(38)36(10-27)22(34)40)37(11-31-18)23(3-4-23)20(39)33-15-2-5-28-17(32-15)12-6-29-21(30-7-12)35-8-13-14(9-35)24(13,25)26/h2,5-6,11,13-14H,3-4,7-10,27H2,1H3,(H,29,30)(H,28,32,33,39). The van der Waals surface area contributed by atoms with Crippen LogP contribution in [-0.2, 0) is 24.0 Å². The number of carbonyl (C=O) groups is 1. The summed E-state index contributed by atoms with van der Waals surface area (Å²) in [5.74, 6) is -2.99. The molecule has 7 rings (SSSR count). The molecule has 2 saturated carbocycles. The summed E-state index contributed by atoms with van der Waals surface area (Å²) >= 11 is 0. The summed E-state index contributed by atoms with van der Waals surface area (Å²) < 4.78 is 30.7. The number of amides is 1. The van der Waals surface area contributed by atoms with Gasteiger partial charge in [-0.05, 0) is 18.9 Å². The van der Waals surface area contributed by atoms with E-state index in [0.29, 0.717) is 30.2 Å². The maximum Gasteiger partial charge on any atom is 0.333 e. The number of imidazole rings is 1. The van der Waals surface area contributed by atoms with E-state index < -0.39 is 34.5 Å². The van der Waals surface area contributed by atoms with Crippen LogP contribution in [0.3, 0.4) is 0 Å². The van der Waals surface area contributed by atoms with Gasteiger partial charge in [0.2, 0.25) is 0 Å². The van der Waals surface area contributed by atoms with Gasteiger partial charge in [0.25, 0.3) is 17.4 Å². The van der Waals surface area contributed by atoms with Crippen LogP contribution in [0.25, 0.3) is 16.7 Å². The van der Waals surface area contributed by atoms with Gasteiger partial charge in [-0.25, -0.2) is 38.1 Å². The number of fused-ring (bicyclic) bond motifs is 2. The fraction of sp³-hybridized carbons (Fsp3) is 0.458. The zero-order valence-corrected chi connectivity index (χ0v) is 21.3. The van der Waals surface area contributed by atoms with Crippen molar-refractivity contribution in [3.8, 4) is 0 Å². The largest absolute Gasteiger partial charge is 0.342 e. The molecule has 4 aliphatic rings. The van der Waals surface area contributed by atoms with Crippen LogP contribution in [-0.4, -0.2) is 71.0 Å². The number of hydrogen-bond acceptors (Lipinski definition) is 10. The second-order valence-corrected chi connectivity index (χ2v) is 10.5. The molecule has 1 saturated heterocycles. The minimum atomic E-state index is -2.56. The number of aryl methyl sites for hydroxylation is 1. The molecular weight excluding hydrogens is 528 g/mol. The molecule has 2 atom stereocenters. The van der Waals surface area contributed by atoms with E-state index in [1.807, 2.05) is 4.90 Å². The predicted molar refractivity (Wildman–Crippen MR) is 138 cm³/mol. The van der Waals surface area contributed by atoms with Gasteiger partial charge in [-0.1, -0.05) is 0 Å². The molecule has 1 amide bonds. The van der Waals surface area contributed by atoms with Gasteiger partial charge in [0.1, 0.15) is 11.4 Å². The van der Waals surface area contributed by atoms with E-state index >= 15 is 0 Å². The van der Waals surface area contributed by atoms with Crippen molar-refractivity contribution < 1.29 is 13.6 Å². The minimum Gasteiger partial charge on any atom is -0.342 e. The molecule has 14 nitrogen and oxygen atoms in total. The third-order valence-corrected chi connectivity index (χ3v) is 8.28. The normalized spacial score (nSPS) is 23.8. The summed E-state index contributed by atoms with van der Waals surface area (Å²) in [4.78, 5) is 58.3. The van der Waals surface area contributed by atoms with Crippen LogP contribution in [0, 0.1) is 11.8 Å². The van der Waals surface area contributed by atoms with E-state index in [-0.39, 0.29) is 49.2 Å². The summed E-state index contributed by atoms with van der Waals surface area (Å²) in [6.45, 7) is 0.490. The molecule has 3 aromatic rings. The lowest BCUT2D eigenvalue weighted by atomic mass is 10.2. The summed E-state index contributed by atoms with van der Waals surface area (Å²) in [7, 11) is 1.49. The molecule has 0 spiro atoms. The third kappa shape index (κ3) is 3.44. The number of nitrogens with two attached hydrogens (primary N) is 1. The lowest BCUT2D eigenvalue weighted by molar-refractivity contribution is -0.120. The number of aliphatic imine (C=N–C) groups is 1. The molecule has 40 heavy (non-hydrogen) atoms. The lowest BCUT2D eigenvalue weighted by Gasteiger charge is -2.25. The predicted octanol–water partition coefficient (Wildman–Crippen LogP) is -0.772. The van der Waals surface area contributed by atoms with Crippen molar-refractivity contribution in [3.05, 3.63) is 51.5 Å². The summed E-state index contributed by atoms with van der Waals surface area (Å²) in [6.07, 6.45) is 5.52. The molecule has 208 valence electrons. The number of halogens is 2. The van der Waals surface area contributed by atoms with Gasteiger partial charge in [-0.15, -0.1) is 0 Å². The van der Waals surface area contributed by atoms with Gasteiger partial charge in [-0.2, -0.15) is 0 Å². The van der Waals surface area contributed by atoms with Gasteiger partial charge in [0.05, 0.1) is 31.4 Å². The van der Waals surface area contributed by atoms with Crippen LogP contribution >= 0.6 is 0 Å². The van der Waals surface area contributed by atoms with E-state index in [1.165, 1.54) is 28.7 Å². The van der Waals surface area contributed by atoms with Crippen LogP contribution in [0.2, 0.25) is 0 Å². The number of guanidine groups is 1. The molecule has 0 bridgehead atoms. The third-order valence-electron chi connectivity index (χ3n) is 8.28. The highest BCUT2D eigenvalue weighted by Gasteiger charge is 2.72. The zero-order valence-electron chi connectivity index (χ0n) is 21.3. The number of hydrogen-bond donors (Lipinski definition) is 3. The number of anilines is 1. The van der Waals surface area contributed by atoms with Crippen LogP contribution < -0.4 is 27.6 Å². The van der Waals surface area contributed by atoms with Crippen LogP contribution in [0.5, 0.6) is 0 Å². The van der Waals surface area contributed by atoms with Crippen molar-refractivity contribution in [2.75, 3.05) is 25.0 Å². The number of likely N-dealkylation sites (tertiary alicyclic amines) is 1. The monoisotopic (exact) mass is 553 g/mol. The SMILES string of the molecule is Cn1c(=O)n(CN)c(=O)c2c1ncn2C1(C(=O)Nc2ccnc(C3=CNC(N4CC5C(C4)C5(F)F)=NC3)n2)CC1. The Morgan fingerprint density at radius 2 is 1.98 bits per heavy atom. The summed E-state index contributed by atoms with van der Waals surface area (Å²) in [6, 6.07) is 1.55. The number of nitrogens with one attached hydrogen (secondary N) is 2. The highest BCUT2D eigenvalue weighted by molar-refractivity contribution is 5.99. The van der Waals surface area contributed by atoms with E-state index in [9.17, 15) is 23.2 Å². The van der Waals surface area contributed by atoms with Crippen LogP contribution in [0.1, 0.15) is 18.7 Å². The van der Waals surface area contributed by atoms with E-state index in [0.717, 1.165) is 4.57 Å². The molecule has 16 heteroatoms. The average molecular weight is 554 g/mol. The van der Waals surface area contributed by atoms with Gasteiger partial charge < -0.3 is 25.8 Å². The Morgan fingerprint density at radius 3 is 2.62 bits per heavy atom. The number of carbonyl (C=O) groups excluding carboxylic acids is 1. The number of nitrogens with zero attached hydrogens (tertiary/aromatic N) is 8. The van der Waals surface area contributed by atoms with Gasteiger partial charge in [0, 0.05) is 38.1 Å². The van der Waals surface area contributed by atoms with Crippen molar-refractivity contribution in [3.63, 3.8) is 0 Å². The van der Waals surface area contributed by atoms with Gasteiger partial charge in [-0.3, -0.25) is 14.2 Å². The number of aromatic nitrogens is 6. The maximum atomic E-state index is 13.5. The Bertz CT molecular complexity index is 1750. The Hall–Kier alpha value is -4.47. The fourth-order valence-electron chi connectivity index (χ4n) is 5.68. The molecule has 2 aliphatic carbocycles. The Labute approximate surface area is 224 Å². The van der Waals surface area contributed by atoms with Crippen molar-refractivity contribution >= 4 is 34.4 Å². The second kappa shape index (κ2) is 8.27. The number of rotatable bonds is 5. The molecule has 3 fully saturated rings. The van der Waals surface area contributed by atoms with Gasteiger partial charge in [0.15, 0.2) is 22.9 Å². The molecule has 2 aliphatic heterocycles. The van der Waals surface area contributed by atoms with Crippen molar-refractivity contribution in [2.24, 2.45) is 29.6 Å². The lowest BCUT2D eigenvalue weighted by Crippen LogP contribution is -2.43. The smallest absolute Gasteiger partial charge is 0.333 e. The quantitative estimate of drug-likeness (QED) is 0.367. The molecular formula is C24H25F2N11O3. The Kier molecular flexibility index (Phi) is 5.08. The number of alkyl halides is 2. The molecule has 0 aromatic carbocycles. The first kappa shape index (κ1) is 24.6. The Morgan fingerprint density at radius 1 is 1.23 bits per heavy atom. The van der Waals surface area contributed by atoms with Gasteiger partial charge >= 0.3 is 5.69 Å². The van der Waals surface area contributed by atoms with Crippen molar-refractivity contribution in [1.82, 2.24) is 38.9 Å². The van der Waals surface area contributed by atoms with Crippen LogP contribution in [0.4, 0.5) is 14.6 Å². The minimum absolute atomic E-state index is 0.120. The van der Waals surface area contributed by atoms with E-state index in [4.69, 9.17) is 5.73 Å². The maximum absolute atomic E-state index is 13.5. The first-order valence-electron chi connectivity index (χ1n) is 12.8. The van der Waals surface area contributed by atoms with Crippen molar-refractivity contribution in [2.45, 2.75) is 31.0 Å². The van der Waals surface area contributed by atoms with E-state index in [1.54, 1.807) is 12.3 Å². The topological polar surface area (TPSA) is 170 Å². The zero-order chi connectivity index (χ0) is 28.0. The van der Waals surface area contributed by atoms with E-state index in [2.05, 4.69) is 30.6 Å². The summed E-state index contributed by atoms with van der Waals surface area (Å²) in [5.41, 5.74) is 4.31. The molecule has 2 unspecified atom stereocenters. The number of piperidine rings is 1. The summed E-state index contributed by atoms with van der Waals surface area (Å²) in [5, 5.41) is 5.88. The highest BCUT2D eigenvalue weighted by atomic mass is 19.3. The average Bonchev–Trinajstić information content (AvgIpc) is 3.65. The molecule has 4 N–H and O–H groups in total. The molecule has 3 aromatic heterocycles.